The largest absolute Gasteiger partial charge is 0.462 e. The first-order valence-corrected chi connectivity index (χ1v) is 3.48. The molecule has 1 aromatic rings. The van der Waals surface area contributed by atoms with Crippen LogP contribution in [-0.4, -0.2) is 6.86 Å². The number of hydrogen-bond acceptors (Lipinski definition) is 1. The fourth-order valence-electron chi connectivity index (χ4n) is 0.572. The van der Waals surface area contributed by atoms with Crippen LogP contribution in [0.4, 0.5) is 4.39 Å². The highest BCUT2D eigenvalue weighted by Gasteiger charge is 1.96. The summed E-state index contributed by atoms with van der Waals surface area (Å²) in [5, 5.41) is 0. The Balaban J connectivity index is 2.81. The Morgan fingerprint density at radius 2 is 2.50 bits per heavy atom. The molecule has 0 fully saturated rings. The van der Waals surface area contributed by atoms with Gasteiger partial charge in [0.05, 0.1) is 4.47 Å². The van der Waals surface area contributed by atoms with E-state index in [1.807, 2.05) is 0 Å². The van der Waals surface area contributed by atoms with Crippen molar-refractivity contribution in [1.29, 1.82) is 0 Å². The van der Waals surface area contributed by atoms with Gasteiger partial charge < -0.3 is 4.74 Å². The maximum absolute atomic E-state index is 11.6. The molecule has 0 heterocycles. The van der Waals surface area contributed by atoms with Gasteiger partial charge in [0.2, 0.25) is 6.86 Å². The molecule has 3 heteroatoms. The van der Waals surface area contributed by atoms with E-state index in [4.69, 9.17) is 0 Å². The highest BCUT2D eigenvalue weighted by atomic mass is 79.9. The van der Waals surface area contributed by atoms with E-state index in [1.54, 1.807) is 18.2 Å². The van der Waals surface area contributed by atoms with E-state index in [9.17, 15) is 4.39 Å². The van der Waals surface area contributed by atoms with E-state index in [0.29, 0.717) is 10.2 Å². The van der Waals surface area contributed by atoms with Gasteiger partial charge in [0.1, 0.15) is 5.75 Å². The molecular weight excluding hydrogens is 199 g/mol. The van der Waals surface area contributed by atoms with Crippen molar-refractivity contribution in [3.8, 4) is 5.75 Å². The highest BCUT2D eigenvalue weighted by molar-refractivity contribution is 9.10. The molecule has 10 heavy (non-hydrogen) atoms. The summed E-state index contributed by atoms with van der Waals surface area (Å²) < 4.78 is 16.9. The third kappa shape index (κ3) is 1.70. The number of halogens is 2. The normalized spacial score (nSPS) is 9.40. The van der Waals surface area contributed by atoms with Crippen molar-refractivity contribution in [2.75, 3.05) is 6.86 Å². The highest BCUT2D eigenvalue weighted by Crippen LogP contribution is 2.23. The molecule has 0 unspecified atom stereocenters. The first-order valence-electron chi connectivity index (χ1n) is 2.69. The third-order valence-electron chi connectivity index (χ3n) is 0.986. The van der Waals surface area contributed by atoms with Crippen molar-refractivity contribution >= 4 is 15.9 Å². The van der Waals surface area contributed by atoms with Crippen LogP contribution in [0.2, 0.25) is 0 Å². The van der Waals surface area contributed by atoms with E-state index in [-0.39, 0.29) is 0 Å². The fraction of sp³-hybridized carbons (Fsp3) is 0.143. The molecular formula is C7H5BrFO. The van der Waals surface area contributed by atoms with Gasteiger partial charge in [-0.15, -0.1) is 0 Å². The molecule has 0 aliphatic heterocycles. The van der Waals surface area contributed by atoms with Gasteiger partial charge in [0, 0.05) is 0 Å². The van der Waals surface area contributed by atoms with E-state index in [1.165, 1.54) is 0 Å². The average Bonchev–Trinajstić information content (AvgIpc) is 1.94. The van der Waals surface area contributed by atoms with Gasteiger partial charge in [-0.25, -0.2) is 4.39 Å². The minimum Gasteiger partial charge on any atom is -0.462 e. The lowest BCUT2D eigenvalue weighted by Crippen LogP contribution is -1.89. The summed E-state index contributed by atoms with van der Waals surface area (Å²) in [5.41, 5.74) is 0. The molecule has 0 spiro atoms. The molecule has 0 aliphatic rings. The van der Waals surface area contributed by atoms with Crippen molar-refractivity contribution in [3.05, 3.63) is 28.7 Å². The molecule has 0 atom stereocenters. The molecule has 0 amide bonds. The monoisotopic (exact) mass is 203 g/mol. The van der Waals surface area contributed by atoms with Gasteiger partial charge >= 0.3 is 0 Å². The molecule has 1 aromatic carbocycles. The standard InChI is InChI=1S/C7H5BrFO/c8-6-3-1-2-4-7(6)10-5-9/h2-4H,5H2. The molecule has 0 aliphatic carbocycles. The zero-order valence-corrected chi connectivity index (χ0v) is 6.69. The van der Waals surface area contributed by atoms with E-state index < -0.39 is 6.86 Å². The lowest BCUT2D eigenvalue weighted by molar-refractivity contribution is 0.190. The summed E-state index contributed by atoms with van der Waals surface area (Å²) in [5.74, 6) is 0.501. The first-order chi connectivity index (χ1) is 4.84. The number of hydrogen-bond donors (Lipinski definition) is 0. The lowest BCUT2D eigenvalue weighted by Gasteiger charge is -2.01. The van der Waals surface area contributed by atoms with Crippen LogP contribution in [0.5, 0.6) is 5.75 Å². The van der Waals surface area contributed by atoms with Crippen LogP contribution in [0.15, 0.2) is 22.7 Å². The summed E-state index contributed by atoms with van der Waals surface area (Å²) in [7, 11) is 0. The maximum Gasteiger partial charge on any atom is 0.228 e. The Labute approximate surface area is 66.9 Å². The predicted molar refractivity (Wildman–Crippen MR) is 39.6 cm³/mol. The van der Waals surface area contributed by atoms with E-state index in [0.717, 1.165) is 0 Å². The molecule has 1 nitrogen and oxygen atoms in total. The second-order valence-electron chi connectivity index (χ2n) is 1.61. The van der Waals surface area contributed by atoms with Gasteiger partial charge in [-0.2, -0.15) is 0 Å². The summed E-state index contributed by atoms with van der Waals surface area (Å²) in [6.45, 7) is -0.803. The van der Waals surface area contributed by atoms with Gasteiger partial charge in [-0.05, 0) is 34.1 Å². The number of rotatable bonds is 2. The van der Waals surface area contributed by atoms with Crippen LogP contribution in [0.3, 0.4) is 0 Å². The lowest BCUT2D eigenvalue weighted by atomic mass is 10.3. The Morgan fingerprint density at radius 1 is 1.70 bits per heavy atom. The van der Waals surface area contributed by atoms with Crippen LogP contribution < -0.4 is 4.74 Å². The minimum atomic E-state index is -0.803. The van der Waals surface area contributed by atoms with Crippen molar-refractivity contribution in [2.45, 2.75) is 0 Å². The molecule has 1 radical (unpaired) electrons. The van der Waals surface area contributed by atoms with Crippen LogP contribution >= 0.6 is 15.9 Å². The zero-order valence-electron chi connectivity index (χ0n) is 5.10. The van der Waals surface area contributed by atoms with Gasteiger partial charge in [-0.1, -0.05) is 6.07 Å². The quantitative estimate of drug-likeness (QED) is 0.719. The molecule has 53 valence electrons. The topological polar surface area (TPSA) is 9.23 Å². The summed E-state index contributed by atoms with van der Waals surface area (Å²) in [6.07, 6.45) is 0. The fourth-order valence-corrected chi connectivity index (χ4v) is 0.950. The average molecular weight is 204 g/mol. The number of benzene rings is 1. The molecule has 0 bridgehead atoms. The van der Waals surface area contributed by atoms with Crippen molar-refractivity contribution < 1.29 is 9.13 Å². The summed E-state index contributed by atoms with van der Waals surface area (Å²) >= 11 is 3.17. The second-order valence-corrected chi connectivity index (χ2v) is 2.46. The Kier molecular flexibility index (Phi) is 2.68. The number of ether oxygens (including phenoxy) is 1. The van der Waals surface area contributed by atoms with Gasteiger partial charge in [0.25, 0.3) is 0 Å². The van der Waals surface area contributed by atoms with Crippen molar-refractivity contribution in [1.82, 2.24) is 0 Å². The smallest absolute Gasteiger partial charge is 0.228 e. The van der Waals surface area contributed by atoms with E-state index in [2.05, 4.69) is 26.7 Å². The molecule has 1 rings (SSSR count). The van der Waals surface area contributed by atoms with Gasteiger partial charge in [-0.3, -0.25) is 0 Å². The minimum absolute atomic E-state index is 0.501. The first kappa shape index (κ1) is 7.54. The number of alkyl halides is 1. The Bertz CT molecular complexity index is 215. The van der Waals surface area contributed by atoms with E-state index >= 15 is 0 Å². The molecule has 0 saturated heterocycles. The molecule has 0 N–H and O–H groups in total. The second kappa shape index (κ2) is 3.56. The molecule has 0 saturated carbocycles. The summed E-state index contributed by atoms with van der Waals surface area (Å²) in [4.78, 5) is 0. The van der Waals surface area contributed by atoms with Crippen LogP contribution in [0.1, 0.15) is 0 Å². The zero-order chi connectivity index (χ0) is 7.40. The van der Waals surface area contributed by atoms with Crippen molar-refractivity contribution in [3.63, 3.8) is 0 Å². The van der Waals surface area contributed by atoms with Gasteiger partial charge in [0.15, 0.2) is 0 Å². The molecule has 0 aromatic heterocycles. The Morgan fingerprint density at radius 3 is 3.10 bits per heavy atom. The maximum atomic E-state index is 11.6. The van der Waals surface area contributed by atoms with Crippen LogP contribution in [-0.2, 0) is 0 Å². The summed E-state index contributed by atoms with van der Waals surface area (Å²) in [6, 6.07) is 7.79. The van der Waals surface area contributed by atoms with Crippen LogP contribution in [0.25, 0.3) is 0 Å². The third-order valence-corrected chi connectivity index (χ3v) is 1.61. The van der Waals surface area contributed by atoms with Crippen LogP contribution in [0, 0.1) is 6.07 Å². The van der Waals surface area contributed by atoms with Crippen molar-refractivity contribution in [2.24, 2.45) is 0 Å². The Hall–Kier alpha value is -0.570. The SMILES string of the molecule is FCOc1cc[c]cc1Br. The predicted octanol–water partition coefficient (Wildman–Crippen LogP) is 2.56.